The highest BCUT2D eigenvalue weighted by Crippen LogP contribution is 2.15. The molecule has 0 unspecified atom stereocenters. The summed E-state index contributed by atoms with van der Waals surface area (Å²) in [6.45, 7) is 2.16. The fourth-order valence-electron chi connectivity index (χ4n) is 1.24. The molecular weight excluding hydrogens is 312 g/mol. The molecule has 0 saturated carbocycles. The van der Waals surface area contributed by atoms with Crippen LogP contribution in [0.15, 0.2) is 15.5 Å². The molecule has 0 spiro atoms. The molecule has 0 aliphatic rings. The van der Waals surface area contributed by atoms with Crippen molar-refractivity contribution in [1.82, 2.24) is 9.78 Å². The Hall–Kier alpha value is -1.02. The molecule has 0 aliphatic heterocycles. The normalized spacial score (nSPS) is 10.9. The average molecular weight is 326 g/mol. The minimum atomic E-state index is -2.47. The minimum Gasteiger partial charge on any atom is -0.380 e. The summed E-state index contributed by atoms with van der Waals surface area (Å²) in [4.78, 5) is 11.7. The highest BCUT2D eigenvalue weighted by molar-refractivity contribution is 9.10. The van der Waals surface area contributed by atoms with Crippen molar-refractivity contribution in [2.45, 2.75) is 19.9 Å². The van der Waals surface area contributed by atoms with E-state index < -0.39 is 13.0 Å². The lowest BCUT2D eigenvalue weighted by atomic mass is 10.4. The van der Waals surface area contributed by atoms with Crippen molar-refractivity contribution >= 4 is 21.6 Å². The Bertz CT molecular complexity index is 440. The molecule has 1 aromatic heterocycles. The molecule has 0 bridgehead atoms. The second kappa shape index (κ2) is 7.42. The van der Waals surface area contributed by atoms with E-state index in [-0.39, 0.29) is 12.2 Å². The molecule has 0 saturated heterocycles. The van der Waals surface area contributed by atoms with Gasteiger partial charge in [0.2, 0.25) is 0 Å². The van der Waals surface area contributed by atoms with Gasteiger partial charge in [0.1, 0.15) is 11.1 Å². The largest absolute Gasteiger partial charge is 0.380 e. The number of rotatable bonds is 7. The number of aromatic nitrogens is 2. The van der Waals surface area contributed by atoms with E-state index in [1.807, 2.05) is 6.92 Å². The summed E-state index contributed by atoms with van der Waals surface area (Å²) in [5.74, 6) is 0. The lowest BCUT2D eigenvalue weighted by Crippen LogP contribution is -2.24. The van der Waals surface area contributed by atoms with Gasteiger partial charge in [-0.2, -0.15) is 5.10 Å². The lowest BCUT2D eigenvalue weighted by Gasteiger charge is -2.09. The summed E-state index contributed by atoms with van der Waals surface area (Å²) < 4.78 is 29.9. The van der Waals surface area contributed by atoms with E-state index in [9.17, 15) is 13.6 Å². The van der Waals surface area contributed by atoms with Gasteiger partial charge in [-0.1, -0.05) is 0 Å². The predicted molar refractivity (Wildman–Crippen MR) is 67.2 cm³/mol. The van der Waals surface area contributed by atoms with Gasteiger partial charge < -0.3 is 10.1 Å². The molecule has 5 nitrogen and oxygen atoms in total. The third-order valence-corrected chi connectivity index (χ3v) is 2.86. The second-order valence-electron chi connectivity index (χ2n) is 3.39. The third kappa shape index (κ3) is 4.34. The molecule has 8 heteroatoms. The van der Waals surface area contributed by atoms with Crippen molar-refractivity contribution in [1.29, 1.82) is 0 Å². The number of hydrogen-bond acceptors (Lipinski definition) is 4. The maximum atomic E-state index is 11.8. The summed E-state index contributed by atoms with van der Waals surface area (Å²) in [5.41, 5.74) is 0.279. The standard InChI is InChI=1S/C10H14BrF2N3O2/c1-2-16-10(17)9(11)7(5-15-16)14-3-4-18-6-8(12)13/h5,8,14H,2-4,6H2,1H3. The van der Waals surface area contributed by atoms with Crippen molar-refractivity contribution in [3.8, 4) is 0 Å². The topological polar surface area (TPSA) is 56.1 Å². The number of ether oxygens (including phenoxy) is 1. The molecule has 1 N–H and O–H groups in total. The SMILES string of the molecule is CCn1ncc(NCCOCC(F)F)c(Br)c1=O. The first-order valence-corrected chi connectivity index (χ1v) is 6.21. The van der Waals surface area contributed by atoms with Crippen LogP contribution in [0.2, 0.25) is 0 Å². The van der Waals surface area contributed by atoms with Crippen molar-refractivity contribution in [2.75, 3.05) is 25.1 Å². The van der Waals surface area contributed by atoms with Crippen LogP contribution in [-0.4, -0.2) is 36.0 Å². The molecule has 0 aliphatic carbocycles. The fourth-order valence-corrected chi connectivity index (χ4v) is 1.69. The van der Waals surface area contributed by atoms with E-state index in [1.54, 1.807) is 0 Å². The fraction of sp³-hybridized carbons (Fsp3) is 0.600. The van der Waals surface area contributed by atoms with E-state index in [1.165, 1.54) is 10.9 Å². The van der Waals surface area contributed by atoms with Gasteiger partial charge >= 0.3 is 0 Å². The van der Waals surface area contributed by atoms with E-state index >= 15 is 0 Å². The van der Waals surface area contributed by atoms with Gasteiger partial charge in [-0.05, 0) is 22.9 Å². The molecule has 18 heavy (non-hydrogen) atoms. The highest BCUT2D eigenvalue weighted by Gasteiger charge is 2.07. The molecule has 1 aromatic rings. The third-order valence-electron chi connectivity index (χ3n) is 2.09. The Morgan fingerprint density at radius 3 is 2.94 bits per heavy atom. The molecule has 1 heterocycles. The molecule has 1 rings (SSSR count). The number of aryl methyl sites for hydroxylation is 1. The summed E-state index contributed by atoms with van der Waals surface area (Å²) >= 11 is 3.17. The van der Waals surface area contributed by atoms with E-state index in [2.05, 4.69) is 26.3 Å². The van der Waals surface area contributed by atoms with Crippen LogP contribution in [0, 0.1) is 0 Å². The monoisotopic (exact) mass is 325 g/mol. The van der Waals surface area contributed by atoms with Gasteiger partial charge in [-0.25, -0.2) is 13.5 Å². The molecular formula is C10H14BrF2N3O2. The lowest BCUT2D eigenvalue weighted by molar-refractivity contribution is 0.0215. The number of halogens is 3. The molecule has 0 radical (unpaired) electrons. The molecule has 0 amide bonds. The highest BCUT2D eigenvalue weighted by atomic mass is 79.9. The number of hydrogen-bond donors (Lipinski definition) is 1. The second-order valence-corrected chi connectivity index (χ2v) is 4.18. The quantitative estimate of drug-likeness (QED) is 0.775. The Morgan fingerprint density at radius 1 is 1.61 bits per heavy atom. The van der Waals surface area contributed by atoms with Crippen LogP contribution in [-0.2, 0) is 11.3 Å². The molecule has 0 aromatic carbocycles. The maximum Gasteiger partial charge on any atom is 0.283 e. The van der Waals surface area contributed by atoms with Crippen molar-refractivity contribution in [2.24, 2.45) is 0 Å². The predicted octanol–water partition coefficient (Wildman–Crippen LogP) is 1.72. The summed E-state index contributed by atoms with van der Waals surface area (Å²) in [6.07, 6.45) is -0.964. The van der Waals surface area contributed by atoms with E-state index in [4.69, 9.17) is 4.74 Å². The van der Waals surface area contributed by atoms with Crippen LogP contribution >= 0.6 is 15.9 Å². The van der Waals surface area contributed by atoms with Gasteiger partial charge in [-0.3, -0.25) is 4.79 Å². The summed E-state index contributed by atoms with van der Waals surface area (Å²) in [5, 5.41) is 6.82. The van der Waals surface area contributed by atoms with Crippen molar-refractivity contribution < 1.29 is 13.5 Å². The Labute approximate surface area is 111 Å². The number of nitrogens with one attached hydrogen (secondary N) is 1. The summed E-state index contributed by atoms with van der Waals surface area (Å²) in [6, 6.07) is 0. The van der Waals surface area contributed by atoms with Crippen molar-refractivity contribution in [3.63, 3.8) is 0 Å². The Kier molecular flexibility index (Phi) is 6.20. The molecule has 0 fully saturated rings. The first kappa shape index (κ1) is 15.0. The number of alkyl halides is 2. The zero-order valence-electron chi connectivity index (χ0n) is 9.83. The zero-order chi connectivity index (χ0) is 13.5. The van der Waals surface area contributed by atoms with Gasteiger partial charge in [0.15, 0.2) is 0 Å². The van der Waals surface area contributed by atoms with Crippen molar-refractivity contribution in [3.05, 3.63) is 21.0 Å². The van der Waals surface area contributed by atoms with Gasteiger partial charge in [-0.15, -0.1) is 0 Å². The minimum absolute atomic E-state index is 0.133. The van der Waals surface area contributed by atoms with Crippen LogP contribution in [0.5, 0.6) is 0 Å². The first-order valence-electron chi connectivity index (χ1n) is 5.41. The Morgan fingerprint density at radius 2 is 2.33 bits per heavy atom. The van der Waals surface area contributed by atoms with Gasteiger partial charge in [0.25, 0.3) is 12.0 Å². The van der Waals surface area contributed by atoms with Crippen LogP contribution in [0.4, 0.5) is 14.5 Å². The first-order chi connectivity index (χ1) is 8.56. The number of anilines is 1. The summed E-state index contributed by atoms with van der Waals surface area (Å²) in [7, 11) is 0. The van der Waals surface area contributed by atoms with Gasteiger partial charge in [0.05, 0.1) is 18.5 Å². The smallest absolute Gasteiger partial charge is 0.283 e. The average Bonchev–Trinajstić information content (AvgIpc) is 2.33. The van der Waals surface area contributed by atoms with Crippen LogP contribution in [0.3, 0.4) is 0 Å². The van der Waals surface area contributed by atoms with E-state index in [0.717, 1.165) is 0 Å². The van der Waals surface area contributed by atoms with Crippen LogP contribution in [0.25, 0.3) is 0 Å². The molecule has 102 valence electrons. The van der Waals surface area contributed by atoms with Crippen LogP contribution in [0.1, 0.15) is 6.92 Å². The van der Waals surface area contributed by atoms with Gasteiger partial charge in [0, 0.05) is 13.1 Å². The van der Waals surface area contributed by atoms with Crippen LogP contribution < -0.4 is 10.9 Å². The zero-order valence-corrected chi connectivity index (χ0v) is 11.4. The molecule has 0 atom stereocenters. The maximum absolute atomic E-state index is 11.8. The van der Waals surface area contributed by atoms with E-state index in [0.29, 0.717) is 23.2 Å². The Balaban J connectivity index is 2.48. The number of nitrogens with zero attached hydrogens (tertiary/aromatic N) is 2.